The van der Waals surface area contributed by atoms with Gasteiger partial charge in [-0.2, -0.15) is 0 Å². The van der Waals surface area contributed by atoms with E-state index in [-0.39, 0.29) is 30.0 Å². The number of anilines is 2. The Morgan fingerprint density at radius 3 is 2.44 bits per heavy atom. The Balaban J connectivity index is 1.18. The van der Waals surface area contributed by atoms with E-state index < -0.39 is 0 Å². The van der Waals surface area contributed by atoms with E-state index in [2.05, 4.69) is 15.1 Å². The summed E-state index contributed by atoms with van der Waals surface area (Å²) in [6, 6.07) is 13.2. The van der Waals surface area contributed by atoms with E-state index in [1.807, 2.05) is 23.1 Å². The molecule has 9 heteroatoms. The number of hydrogen-bond donors (Lipinski definition) is 0. The average molecular weight is 435 g/mol. The van der Waals surface area contributed by atoms with Crippen molar-refractivity contribution < 1.29 is 18.4 Å². The van der Waals surface area contributed by atoms with Crippen LogP contribution in [-0.2, 0) is 9.59 Å². The third-order valence-electron chi connectivity index (χ3n) is 5.95. The molecular weight excluding hydrogens is 413 g/mol. The van der Waals surface area contributed by atoms with Crippen LogP contribution in [0.1, 0.15) is 6.42 Å². The van der Waals surface area contributed by atoms with Gasteiger partial charge < -0.3 is 19.1 Å². The van der Waals surface area contributed by atoms with Gasteiger partial charge in [0.1, 0.15) is 11.5 Å². The number of aromatic nitrogens is 2. The highest BCUT2D eigenvalue weighted by atomic mass is 19.1. The van der Waals surface area contributed by atoms with Gasteiger partial charge in [0.05, 0.1) is 12.2 Å². The fourth-order valence-electron chi connectivity index (χ4n) is 4.21. The van der Waals surface area contributed by atoms with Crippen LogP contribution in [0.25, 0.3) is 11.5 Å². The molecule has 164 valence electrons. The molecule has 2 saturated heterocycles. The quantitative estimate of drug-likeness (QED) is 0.627. The summed E-state index contributed by atoms with van der Waals surface area (Å²) < 4.78 is 18.5. The summed E-state index contributed by atoms with van der Waals surface area (Å²) in [5.41, 5.74) is 1.29. The zero-order chi connectivity index (χ0) is 22.1. The minimum atomic E-state index is -0.383. The Kier molecular flexibility index (Phi) is 5.30. The Labute approximate surface area is 184 Å². The summed E-state index contributed by atoms with van der Waals surface area (Å²) in [5, 5.41) is 8.53. The van der Waals surface area contributed by atoms with E-state index >= 15 is 0 Å². The average Bonchev–Trinajstić information content (AvgIpc) is 3.50. The molecule has 2 fully saturated rings. The van der Waals surface area contributed by atoms with Gasteiger partial charge in [-0.1, -0.05) is 0 Å². The fraction of sp³-hybridized carbons (Fsp3) is 0.304. The molecule has 8 nitrogen and oxygen atoms in total. The van der Waals surface area contributed by atoms with Gasteiger partial charge in [0.2, 0.25) is 11.8 Å². The van der Waals surface area contributed by atoms with Crippen LogP contribution in [0.2, 0.25) is 0 Å². The monoisotopic (exact) mass is 435 g/mol. The van der Waals surface area contributed by atoms with Crippen molar-refractivity contribution in [1.29, 1.82) is 0 Å². The molecule has 0 bridgehead atoms. The highest BCUT2D eigenvalue weighted by Gasteiger charge is 2.38. The van der Waals surface area contributed by atoms with Crippen LogP contribution in [0.3, 0.4) is 0 Å². The molecular formula is C23H22FN5O3. The van der Waals surface area contributed by atoms with Gasteiger partial charge in [-0.25, -0.2) is 4.39 Å². The van der Waals surface area contributed by atoms with E-state index in [0.717, 1.165) is 5.82 Å². The number of hydrogen-bond acceptors (Lipinski definition) is 6. The third kappa shape index (κ3) is 3.93. The SMILES string of the molecule is O=C(C1CC(=O)N(c2ccc(F)cc2)C1)N1CCN(c2ccc(-c3ccco3)nn2)CC1. The molecule has 2 aliphatic rings. The van der Waals surface area contributed by atoms with E-state index in [1.54, 1.807) is 29.4 Å². The zero-order valence-corrected chi connectivity index (χ0v) is 17.4. The van der Waals surface area contributed by atoms with Gasteiger partial charge in [0.25, 0.3) is 0 Å². The molecule has 2 aromatic heterocycles. The Morgan fingerprint density at radius 2 is 1.78 bits per heavy atom. The van der Waals surface area contributed by atoms with Crippen LogP contribution in [0.15, 0.2) is 59.2 Å². The van der Waals surface area contributed by atoms with Gasteiger partial charge >= 0.3 is 0 Å². The summed E-state index contributed by atoms with van der Waals surface area (Å²) in [7, 11) is 0. The number of benzene rings is 1. The minimum Gasteiger partial charge on any atom is -0.463 e. The normalized spacial score (nSPS) is 19.0. The molecule has 0 radical (unpaired) electrons. The lowest BCUT2D eigenvalue weighted by molar-refractivity contribution is -0.136. The molecule has 0 aliphatic carbocycles. The smallest absolute Gasteiger partial charge is 0.228 e. The zero-order valence-electron chi connectivity index (χ0n) is 17.4. The number of piperazine rings is 1. The predicted octanol–water partition coefficient (Wildman–Crippen LogP) is 2.58. The maximum atomic E-state index is 13.2. The van der Waals surface area contributed by atoms with Crippen molar-refractivity contribution in [2.75, 3.05) is 42.5 Å². The topological polar surface area (TPSA) is 82.8 Å². The van der Waals surface area contributed by atoms with Gasteiger partial charge in [0, 0.05) is 44.8 Å². The fourth-order valence-corrected chi connectivity index (χ4v) is 4.21. The van der Waals surface area contributed by atoms with Gasteiger partial charge in [-0.3, -0.25) is 9.59 Å². The maximum absolute atomic E-state index is 13.2. The van der Waals surface area contributed by atoms with Crippen LogP contribution in [-0.4, -0.2) is 59.6 Å². The van der Waals surface area contributed by atoms with Crippen LogP contribution in [0.4, 0.5) is 15.9 Å². The first-order valence-corrected chi connectivity index (χ1v) is 10.6. The second-order valence-electron chi connectivity index (χ2n) is 7.95. The molecule has 1 atom stereocenters. The lowest BCUT2D eigenvalue weighted by atomic mass is 10.1. The summed E-state index contributed by atoms with van der Waals surface area (Å²) >= 11 is 0. The van der Waals surface area contributed by atoms with Crippen molar-refractivity contribution in [3.05, 3.63) is 60.6 Å². The molecule has 4 heterocycles. The number of carbonyl (C=O) groups excluding carboxylic acids is 2. The van der Waals surface area contributed by atoms with Crippen LogP contribution < -0.4 is 9.80 Å². The number of rotatable bonds is 4. The van der Waals surface area contributed by atoms with Crippen LogP contribution in [0.5, 0.6) is 0 Å². The van der Waals surface area contributed by atoms with Crippen molar-refractivity contribution in [1.82, 2.24) is 15.1 Å². The van der Waals surface area contributed by atoms with Crippen molar-refractivity contribution in [2.45, 2.75) is 6.42 Å². The van der Waals surface area contributed by atoms with Gasteiger partial charge in [-0.05, 0) is 48.5 Å². The standard InChI is InChI=1S/C23H22FN5O3/c24-17-3-5-18(6-4-17)29-15-16(14-22(29)30)23(31)28-11-9-27(10-12-28)21-8-7-19(25-26-21)20-2-1-13-32-20/h1-8,13,16H,9-12,14-15H2. The highest BCUT2D eigenvalue weighted by Crippen LogP contribution is 2.27. The number of halogens is 1. The van der Waals surface area contributed by atoms with Crippen molar-refractivity contribution in [3.8, 4) is 11.5 Å². The summed E-state index contributed by atoms with van der Waals surface area (Å²) in [4.78, 5) is 30.9. The summed E-state index contributed by atoms with van der Waals surface area (Å²) in [5.74, 6) is 0.561. The molecule has 32 heavy (non-hydrogen) atoms. The first-order valence-electron chi connectivity index (χ1n) is 10.6. The summed E-state index contributed by atoms with van der Waals surface area (Å²) in [6.45, 7) is 2.72. The minimum absolute atomic E-state index is 0.0122. The van der Waals surface area contributed by atoms with E-state index in [0.29, 0.717) is 49.9 Å². The largest absolute Gasteiger partial charge is 0.463 e. The van der Waals surface area contributed by atoms with Crippen molar-refractivity contribution >= 4 is 23.3 Å². The Hall–Kier alpha value is -3.75. The Bertz CT molecular complexity index is 1090. The molecule has 2 amide bonds. The molecule has 0 spiro atoms. The second-order valence-corrected chi connectivity index (χ2v) is 7.95. The third-order valence-corrected chi connectivity index (χ3v) is 5.95. The molecule has 0 saturated carbocycles. The van der Waals surface area contributed by atoms with E-state index in [9.17, 15) is 14.0 Å². The first-order chi connectivity index (χ1) is 15.6. The van der Waals surface area contributed by atoms with Gasteiger partial charge in [0.15, 0.2) is 11.6 Å². The van der Waals surface area contributed by atoms with Crippen molar-refractivity contribution in [3.63, 3.8) is 0 Å². The molecule has 0 N–H and O–H groups in total. The lowest BCUT2D eigenvalue weighted by Gasteiger charge is -2.36. The van der Waals surface area contributed by atoms with E-state index in [4.69, 9.17) is 4.42 Å². The molecule has 5 rings (SSSR count). The van der Waals surface area contributed by atoms with E-state index in [1.165, 1.54) is 12.1 Å². The van der Waals surface area contributed by atoms with Gasteiger partial charge in [-0.15, -0.1) is 10.2 Å². The highest BCUT2D eigenvalue weighted by molar-refractivity contribution is 6.00. The van der Waals surface area contributed by atoms with Crippen molar-refractivity contribution in [2.24, 2.45) is 5.92 Å². The number of amides is 2. The molecule has 1 aromatic carbocycles. The molecule has 2 aliphatic heterocycles. The number of nitrogens with zero attached hydrogens (tertiary/aromatic N) is 5. The van der Waals surface area contributed by atoms with Crippen LogP contribution >= 0.6 is 0 Å². The Morgan fingerprint density at radius 1 is 1.00 bits per heavy atom. The van der Waals surface area contributed by atoms with Crippen LogP contribution in [0, 0.1) is 11.7 Å². The maximum Gasteiger partial charge on any atom is 0.228 e. The molecule has 3 aromatic rings. The lowest BCUT2D eigenvalue weighted by Crippen LogP contribution is -2.51. The first kappa shape index (κ1) is 20.2. The number of carbonyl (C=O) groups is 2. The summed E-state index contributed by atoms with van der Waals surface area (Å²) in [6.07, 6.45) is 1.77. The second kappa shape index (κ2) is 8.41. The molecule has 1 unspecified atom stereocenters. The predicted molar refractivity (Wildman–Crippen MR) is 115 cm³/mol. The number of furan rings is 1.